The van der Waals surface area contributed by atoms with E-state index < -0.39 is 0 Å². The number of pyridine rings is 1. The van der Waals surface area contributed by atoms with Gasteiger partial charge in [0.25, 0.3) is 5.91 Å². The SMILES string of the molecule is CCOc1ccc(C(=O)N[C@@H]2COC[C@H]2Cc2ccncc2)cc1Cl. The number of halogens is 1. The van der Waals surface area contributed by atoms with Crippen LogP contribution in [0.15, 0.2) is 42.7 Å². The highest BCUT2D eigenvalue weighted by Gasteiger charge is 2.30. The molecule has 2 aromatic rings. The zero-order valence-electron chi connectivity index (χ0n) is 14.1. The van der Waals surface area contributed by atoms with Crippen LogP contribution < -0.4 is 10.1 Å². The van der Waals surface area contributed by atoms with Crippen molar-refractivity contribution in [3.63, 3.8) is 0 Å². The molecule has 1 aromatic heterocycles. The van der Waals surface area contributed by atoms with Gasteiger partial charge in [-0.15, -0.1) is 0 Å². The van der Waals surface area contributed by atoms with Gasteiger partial charge in [-0.3, -0.25) is 9.78 Å². The fraction of sp³-hybridized carbons (Fsp3) is 0.368. The van der Waals surface area contributed by atoms with Crippen molar-refractivity contribution >= 4 is 17.5 Å². The molecule has 132 valence electrons. The number of aromatic nitrogens is 1. The van der Waals surface area contributed by atoms with Crippen molar-refractivity contribution in [1.82, 2.24) is 10.3 Å². The number of carbonyl (C=O) groups excluding carboxylic acids is 1. The van der Waals surface area contributed by atoms with Crippen LogP contribution in [0.4, 0.5) is 0 Å². The van der Waals surface area contributed by atoms with Gasteiger partial charge in [0.2, 0.25) is 0 Å². The maximum absolute atomic E-state index is 12.5. The van der Waals surface area contributed by atoms with Gasteiger partial charge in [-0.05, 0) is 49.2 Å². The molecule has 2 heterocycles. The summed E-state index contributed by atoms with van der Waals surface area (Å²) in [6.45, 7) is 3.57. The van der Waals surface area contributed by atoms with E-state index in [1.54, 1.807) is 30.6 Å². The molecule has 1 aliphatic rings. The van der Waals surface area contributed by atoms with Crippen molar-refractivity contribution in [2.45, 2.75) is 19.4 Å². The predicted molar refractivity (Wildman–Crippen MR) is 96.1 cm³/mol. The average molecular weight is 361 g/mol. The molecule has 1 fully saturated rings. The van der Waals surface area contributed by atoms with Crippen molar-refractivity contribution in [2.24, 2.45) is 5.92 Å². The van der Waals surface area contributed by atoms with E-state index in [0.717, 1.165) is 6.42 Å². The third-order valence-corrected chi connectivity index (χ3v) is 4.55. The minimum Gasteiger partial charge on any atom is -0.492 e. The average Bonchev–Trinajstić information content (AvgIpc) is 3.04. The van der Waals surface area contributed by atoms with Crippen LogP contribution in [0.25, 0.3) is 0 Å². The summed E-state index contributed by atoms with van der Waals surface area (Å²) in [4.78, 5) is 16.6. The van der Waals surface area contributed by atoms with E-state index in [1.165, 1.54) is 5.56 Å². The lowest BCUT2D eigenvalue weighted by Gasteiger charge is -2.19. The molecule has 1 amide bonds. The Morgan fingerprint density at radius 3 is 2.84 bits per heavy atom. The van der Waals surface area contributed by atoms with Crippen LogP contribution in [0.2, 0.25) is 5.02 Å². The molecule has 0 radical (unpaired) electrons. The molecular formula is C19H21ClN2O3. The first kappa shape index (κ1) is 17.7. The number of hydrogen-bond donors (Lipinski definition) is 1. The Hall–Kier alpha value is -2.11. The number of rotatable bonds is 6. The lowest BCUT2D eigenvalue weighted by molar-refractivity contribution is 0.0925. The normalized spacial score (nSPS) is 19.6. The summed E-state index contributed by atoms with van der Waals surface area (Å²) in [7, 11) is 0. The topological polar surface area (TPSA) is 60.5 Å². The standard InChI is InChI=1S/C19H21ClN2O3/c1-2-25-18-4-3-14(10-16(18)20)19(23)22-17-12-24-11-15(17)9-13-5-7-21-8-6-13/h3-8,10,15,17H,2,9,11-12H2,1H3,(H,22,23)/t15-,17-/m1/s1. The molecule has 0 unspecified atom stereocenters. The second-order valence-electron chi connectivity index (χ2n) is 6.02. The summed E-state index contributed by atoms with van der Waals surface area (Å²) in [5.41, 5.74) is 1.71. The van der Waals surface area contributed by atoms with Crippen molar-refractivity contribution in [1.29, 1.82) is 0 Å². The largest absolute Gasteiger partial charge is 0.492 e. The zero-order valence-corrected chi connectivity index (χ0v) is 14.8. The second kappa shape index (κ2) is 8.32. The Bertz CT molecular complexity index is 724. The van der Waals surface area contributed by atoms with E-state index in [9.17, 15) is 4.79 Å². The van der Waals surface area contributed by atoms with Gasteiger partial charge in [-0.25, -0.2) is 0 Å². The number of nitrogens with zero attached hydrogens (tertiary/aromatic N) is 1. The number of hydrogen-bond acceptors (Lipinski definition) is 4. The fourth-order valence-corrected chi connectivity index (χ4v) is 3.18. The van der Waals surface area contributed by atoms with Gasteiger partial charge in [-0.2, -0.15) is 0 Å². The molecule has 1 aliphatic heterocycles. The first-order valence-corrected chi connectivity index (χ1v) is 8.75. The first-order valence-electron chi connectivity index (χ1n) is 8.37. The van der Waals surface area contributed by atoms with E-state index in [1.807, 2.05) is 19.1 Å². The Kier molecular flexibility index (Phi) is 5.89. The Morgan fingerprint density at radius 1 is 1.32 bits per heavy atom. The smallest absolute Gasteiger partial charge is 0.251 e. The molecule has 0 bridgehead atoms. The van der Waals surface area contributed by atoms with Gasteiger partial charge in [0.1, 0.15) is 5.75 Å². The summed E-state index contributed by atoms with van der Waals surface area (Å²) in [6.07, 6.45) is 4.40. The van der Waals surface area contributed by atoms with Crippen molar-refractivity contribution in [3.05, 3.63) is 58.9 Å². The van der Waals surface area contributed by atoms with Crippen LogP contribution in [-0.2, 0) is 11.2 Å². The third kappa shape index (κ3) is 4.50. The monoisotopic (exact) mass is 360 g/mol. The van der Waals surface area contributed by atoms with Gasteiger partial charge >= 0.3 is 0 Å². The number of nitrogens with one attached hydrogen (secondary N) is 1. The number of ether oxygens (including phenoxy) is 2. The molecule has 5 nitrogen and oxygen atoms in total. The minimum atomic E-state index is -0.153. The van der Waals surface area contributed by atoms with E-state index in [-0.39, 0.29) is 17.9 Å². The molecule has 1 N–H and O–H groups in total. The summed E-state index contributed by atoms with van der Waals surface area (Å²) in [5.74, 6) is 0.671. The Balaban J connectivity index is 1.64. The van der Waals surface area contributed by atoms with E-state index in [4.69, 9.17) is 21.1 Å². The second-order valence-corrected chi connectivity index (χ2v) is 6.42. The third-order valence-electron chi connectivity index (χ3n) is 4.26. The molecule has 1 saturated heterocycles. The highest BCUT2D eigenvalue weighted by molar-refractivity contribution is 6.32. The van der Waals surface area contributed by atoms with Crippen LogP contribution in [0.5, 0.6) is 5.75 Å². The van der Waals surface area contributed by atoms with Crippen LogP contribution in [0.1, 0.15) is 22.8 Å². The predicted octanol–water partition coefficient (Wildman–Crippen LogP) is 3.12. The van der Waals surface area contributed by atoms with Crippen LogP contribution in [0, 0.1) is 5.92 Å². The molecule has 25 heavy (non-hydrogen) atoms. The van der Waals surface area contributed by atoms with Gasteiger partial charge in [0.05, 0.1) is 30.9 Å². The lowest BCUT2D eigenvalue weighted by atomic mass is 9.95. The molecule has 0 saturated carbocycles. The Labute approximate surface area is 152 Å². The summed E-state index contributed by atoms with van der Waals surface area (Å²) in [5, 5.41) is 3.50. The maximum atomic E-state index is 12.5. The highest BCUT2D eigenvalue weighted by Crippen LogP contribution is 2.26. The number of benzene rings is 1. The van der Waals surface area contributed by atoms with Crippen molar-refractivity contribution < 1.29 is 14.3 Å². The van der Waals surface area contributed by atoms with E-state index >= 15 is 0 Å². The van der Waals surface area contributed by atoms with Gasteiger partial charge in [0, 0.05) is 23.9 Å². The zero-order chi connectivity index (χ0) is 17.6. The quantitative estimate of drug-likeness (QED) is 0.859. The van der Waals surface area contributed by atoms with Crippen molar-refractivity contribution in [2.75, 3.05) is 19.8 Å². The van der Waals surface area contributed by atoms with Gasteiger partial charge in [-0.1, -0.05) is 11.6 Å². The summed E-state index contributed by atoms with van der Waals surface area (Å²) >= 11 is 6.17. The molecule has 0 aliphatic carbocycles. The lowest BCUT2D eigenvalue weighted by Crippen LogP contribution is -2.40. The first-order chi connectivity index (χ1) is 12.2. The van der Waals surface area contributed by atoms with Crippen LogP contribution >= 0.6 is 11.6 Å². The Morgan fingerprint density at radius 2 is 2.12 bits per heavy atom. The molecule has 0 spiro atoms. The van der Waals surface area contributed by atoms with Gasteiger partial charge in [0.15, 0.2) is 0 Å². The molecular weight excluding hydrogens is 340 g/mol. The van der Waals surface area contributed by atoms with Crippen molar-refractivity contribution in [3.8, 4) is 5.75 Å². The minimum absolute atomic E-state index is 0.0222. The van der Waals surface area contributed by atoms with Crippen LogP contribution in [-0.4, -0.2) is 36.8 Å². The highest BCUT2D eigenvalue weighted by atomic mass is 35.5. The maximum Gasteiger partial charge on any atom is 0.251 e. The number of carbonyl (C=O) groups is 1. The summed E-state index contributed by atoms with van der Waals surface area (Å²) in [6, 6.07) is 9.04. The summed E-state index contributed by atoms with van der Waals surface area (Å²) < 4.78 is 11.0. The fourth-order valence-electron chi connectivity index (χ4n) is 2.95. The van der Waals surface area contributed by atoms with E-state index in [0.29, 0.717) is 36.2 Å². The van der Waals surface area contributed by atoms with E-state index in [2.05, 4.69) is 10.3 Å². The molecule has 3 rings (SSSR count). The molecule has 6 heteroatoms. The molecule has 1 aromatic carbocycles. The van der Waals surface area contributed by atoms with Gasteiger partial charge < -0.3 is 14.8 Å². The number of amides is 1. The van der Waals surface area contributed by atoms with Crippen LogP contribution in [0.3, 0.4) is 0 Å². The molecule has 2 atom stereocenters.